The molecule has 0 saturated heterocycles. The zero-order valence-corrected chi connectivity index (χ0v) is 18.7. The highest BCUT2D eigenvalue weighted by molar-refractivity contribution is 5.95. The molecule has 5 rings (SSSR count). The lowest BCUT2D eigenvalue weighted by Gasteiger charge is -2.18. The Bertz CT molecular complexity index is 1280. The van der Waals surface area contributed by atoms with E-state index in [-0.39, 0.29) is 18.7 Å². The first-order valence-electron chi connectivity index (χ1n) is 11.1. The van der Waals surface area contributed by atoms with E-state index >= 15 is 0 Å². The maximum atomic E-state index is 13.3. The molecule has 2 aromatic carbocycles. The van der Waals surface area contributed by atoms with Gasteiger partial charge >= 0.3 is 0 Å². The molecule has 0 aliphatic carbocycles. The van der Waals surface area contributed by atoms with Crippen molar-refractivity contribution in [2.45, 2.75) is 32.9 Å². The second-order valence-electron chi connectivity index (χ2n) is 8.62. The number of rotatable bonds is 7. The molecule has 1 aliphatic rings. The van der Waals surface area contributed by atoms with E-state index < -0.39 is 0 Å². The highest BCUT2D eigenvalue weighted by Crippen LogP contribution is 2.33. The Hall–Kier alpha value is -3.87. The second-order valence-corrected chi connectivity index (χ2v) is 8.62. The first-order valence-corrected chi connectivity index (χ1v) is 11.1. The van der Waals surface area contributed by atoms with Crippen LogP contribution in [0.4, 0.5) is 0 Å². The minimum absolute atomic E-state index is 0.170. The number of carbonyl (C=O) groups is 1. The number of amides is 1. The van der Waals surface area contributed by atoms with E-state index in [1.165, 1.54) is 0 Å². The van der Waals surface area contributed by atoms with Crippen molar-refractivity contribution in [3.05, 3.63) is 83.7 Å². The Kier molecular flexibility index (Phi) is 5.69. The standard InChI is InChI=1S/C26H26N4O3/c1-17(2)15-30-25-20(9-6-12-27-25)24(29-30)21(13-18-7-4-3-5-8-18)28-26(31)19-10-11-22-23(14-19)33-16-32-22/h3-12,14,17,21H,13,15-16H2,1-2H3,(H,28,31)/t21-/m1/s1. The van der Waals surface area contributed by atoms with Gasteiger partial charge in [-0.2, -0.15) is 5.10 Å². The van der Waals surface area contributed by atoms with Gasteiger partial charge in [-0.25, -0.2) is 9.67 Å². The average molecular weight is 443 g/mol. The molecule has 7 nitrogen and oxygen atoms in total. The molecule has 1 atom stereocenters. The first kappa shape index (κ1) is 21.0. The Morgan fingerprint density at radius 3 is 2.70 bits per heavy atom. The largest absolute Gasteiger partial charge is 0.454 e. The minimum Gasteiger partial charge on any atom is -0.454 e. The fourth-order valence-electron chi connectivity index (χ4n) is 4.11. The van der Waals surface area contributed by atoms with Crippen molar-refractivity contribution in [3.63, 3.8) is 0 Å². The average Bonchev–Trinajstić information content (AvgIpc) is 3.43. The van der Waals surface area contributed by atoms with Crippen molar-refractivity contribution in [3.8, 4) is 11.5 Å². The van der Waals surface area contributed by atoms with Gasteiger partial charge in [-0.3, -0.25) is 4.79 Å². The normalized spacial score (nSPS) is 13.4. The predicted molar refractivity (Wildman–Crippen MR) is 125 cm³/mol. The van der Waals surface area contributed by atoms with Gasteiger partial charge < -0.3 is 14.8 Å². The summed E-state index contributed by atoms with van der Waals surface area (Å²) in [5.74, 6) is 1.46. The number of hydrogen-bond acceptors (Lipinski definition) is 5. The molecule has 3 heterocycles. The van der Waals surface area contributed by atoms with Crippen LogP contribution in [0.2, 0.25) is 0 Å². The van der Waals surface area contributed by atoms with E-state index in [9.17, 15) is 4.79 Å². The van der Waals surface area contributed by atoms with Crippen LogP contribution in [0.5, 0.6) is 11.5 Å². The number of carbonyl (C=O) groups excluding carboxylic acids is 1. The monoisotopic (exact) mass is 442 g/mol. The molecule has 168 valence electrons. The maximum absolute atomic E-state index is 13.3. The van der Waals surface area contributed by atoms with Gasteiger partial charge in [0, 0.05) is 23.7 Å². The molecule has 4 aromatic rings. The molecule has 1 aliphatic heterocycles. The molecule has 1 amide bonds. The summed E-state index contributed by atoms with van der Waals surface area (Å²) in [5, 5.41) is 9.08. The smallest absolute Gasteiger partial charge is 0.251 e. The Labute approximate surface area is 192 Å². The zero-order valence-electron chi connectivity index (χ0n) is 18.7. The van der Waals surface area contributed by atoms with Crippen molar-refractivity contribution in [2.24, 2.45) is 5.92 Å². The van der Waals surface area contributed by atoms with E-state index in [1.54, 1.807) is 24.4 Å². The summed E-state index contributed by atoms with van der Waals surface area (Å²) < 4.78 is 12.8. The van der Waals surface area contributed by atoms with E-state index in [0.29, 0.717) is 29.4 Å². The molecule has 0 unspecified atom stereocenters. The summed E-state index contributed by atoms with van der Waals surface area (Å²) in [5.41, 5.74) is 3.28. The number of fused-ring (bicyclic) bond motifs is 2. The number of benzene rings is 2. The minimum atomic E-state index is -0.328. The van der Waals surface area contributed by atoms with E-state index in [1.807, 2.05) is 35.0 Å². The van der Waals surface area contributed by atoms with Gasteiger partial charge in [0.05, 0.1) is 11.7 Å². The number of hydrogen-bond donors (Lipinski definition) is 1. The van der Waals surface area contributed by atoms with E-state index in [2.05, 4.69) is 36.3 Å². The van der Waals surface area contributed by atoms with Crippen molar-refractivity contribution in [1.82, 2.24) is 20.1 Å². The molecule has 0 fully saturated rings. The van der Waals surface area contributed by atoms with Gasteiger partial charge in [-0.1, -0.05) is 44.2 Å². The van der Waals surface area contributed by atoms with Crippen LogP contribution in [-0.2, 0) is 13.0 Å². The molecular weight excluding hydrogens is 416 g/mol. The number of ether oxygens (including phenoxy) is 2. The van der Waals surface area contributed by atoms with E-state index in [4.69, 9.17) is 14.6 Å². The summed E-state index contributed by atoms with van der Waals surface area (Å²) in [6, 6.07) is 18.9. The second kappa shape index (κ2) is 8.94. The lowest BCUT2D eigenvalue weighted by atomic mass is 10.0. The third-order valence-corrected chi connectivity index (χ3v) is 5.63. The Morgan fingerprint density at radius 2 is 1.88 bits per heavy atom. The topological polar surface area (TPSA) is 78.3 Å². The lowest BCUT2D eigenvalue weighted by molar-refractivity contribution is 0.0935. The van der Waals surface area contributed by atoms with Crippen molar-refractivity contribution in [2.75, 3.05) is 6.79 Å². The van der Waals surface area contributed by atoms with Crippen molar-refractivity contribution < 1.29 is 14.3 Å². The van der Waals surface area contributed by atoms with Gasteiger partial charge in [-0.05, 0) is 48.2 Å². The van der Waals surface area contributed by atoms with Crippen LogP contribution in [0.1, 0.15) is 41.5 Å². The van der Waals surface area contributed by atoms with Crippen LogP contribution in [0, 0.1) is 5.92 Å². The number of nitrogens with zero attached hydrogens (tertiary/aromatic N) is 3. The fraction of sp³-hybridized carbons (Fsp3) is 0.269. The Morgan fingerprint density at radius 1 is 1.06 bits per heavy atom. The molecule has 2 aromatic heterocycles. The summed E-state index contributed by atoms with van der Waals surface area (Å²) in [6.45, 7) is 5.23. The van der Waals surface area contributed by atoms with Gasteiger partial charge in [-0.15, -0.1) is 0 Å². The SMILES string of the molecule is CC(C)Cn1nc([C@@H](Cc2ccccc2)NC(=O)c2ccc3c(c2)OCO3)c2cccnc21. The molecule has 0 radical (unpaired) electrons. The molecule has 0 spiro atoms. The van der Waals surface area contributed by atoms with Gasteiger partial charge in [0.15, 0.2) is 17.1 Å². The first-order chi connectivity index (χ1) is 16.1. The van der Waals surface area contributed by atoms with Crippen LogP contribution in [0.25, 0.3) is 11.0 Å². The lowest BCUT2D eigenvalue weighted by Crippen LogP contribution is -2.30. The summed E-state index contributed by atoms with van der Waals surface area (Å²) in [6.07, 6.45) is 2.39. The zero-order chi connectivity index (χ0) is 22.8. The molecule has 33 heavy (non-hydrogen) atoms. The summed E-state index contributed by atoms with van der Waals surface area (Å²) >= 11 is 0. The third-order valence-electron chi connectivity index (χ3n) is 5.63. The van der Waals surface area contributed by atoms with Crippen LogP contribution >= 0.6 is 0 Å². The van der Waals surface area contributed by atoms with Crippen molar-refractivity contribution in [1.29, 1.82) is 0 Å². The number of nitrogens with one attached hydrogen (secondary N) is 1. The van der Waals surface area contributed by atoms with Crippen LogP contribution in [0.3, 0.4) is 0 Å². The summed E-state index contributed by atoms with van der Waals surface area (Å²) in [7, 11) is 0. The molecule has 1 N–H and O–H groups in total. The quantitative estimate of drug-likeness (QED) is 0.455. The number of aromatic nitrogens is 3. The molecular formula is C26H26N4O3. The van der Waals surface area contributed by atoms with Crippen LogP contribution in [-0.4, -0.2) is 27.5 Å². The molecule has 0 bridgehead atoms. The van der Waals surface area contributed by atoms with Crippen molar-refractivity contribution >= 4 is 16.9 Å². The fourth-order valence-corrected chi connectivity index (χ4v) is 4.11. The van der Waals surface area contributed by atoms with Crippen LogP contribution in [0.15, 0.2) is 66.9 Å². The molecule has 0 saturated carbocycles. The van der Waals surface area contributed by atoms with Gasteiger partial charge in [0.1, 0.15) is 0 Å². The molecule has 7 heteroatoms. The third kappa shape index (κ3) is 4.39. The predicted octanol–water partition coefficient (Wildman–Crippen LogP) is 4.53. The number of pyridine rings is 1. The maximum Gasteiger partial charge on any atom is 0.251 e. The van der Waals surface area contributed by atoms with Crippen LogP contribution < -0.4 is 14.8 Å². The van der Waals surface area contributed by atoms with Gasteiger partial charge in [0.2, 0.25) is 6.79 Å². The summed E-state index contributed by atoms with van der Waals surface area (Å²) in [4.78, 5) is 17.9. The highest BCUT2D eigenvalue weighted by atomic mass is 16.7. The highest BCUT2D eigenvalue weighted by Gasteiger charge is 2.24. The Balaban J connectivity index is 1.52. The van der Waals surface area contributed by atoms with Gasteiger partial charge in [0.25, 0.3) is 5.91 Å². The van der Waals surface area contributed by atoms with E-state index in [0.717, 1.165) is 28.8 Å².